The first-order valence-electron chi connectivity index (χ1n) is 7.40. The average Bonchev–Trinajstić information content (AvgIpc) is 2.57. The van der Waals surface area contributed by atoms with Crippen LogP contribution in [-0.4, -0.2) is 35.0 Å². The van der Waals surface area contributed by atoms with Crippen LogP contribution in [0.4, 0.5) is 10.3 Å². The minimum atomic E-state index is -0.188. The Morgan fingerprint density at radius 1 is 1.18 bits per heavy atom. The lowest BCUT2D eigenvalue weighted by Gasteiger charge is -2.26. The second-order valence-electron chi connectivity index (χ2n) is 5.39. The lowest BCUT2D eigenvalue weighted by molar-refractivity contribution is 0.293. The van der Waals surface area contributed by atoms with Gasteiger partial charge in [0.2, 0.25) is 5.95 Å². The van der Waals surface area contributed by atoms with Gasteiger partial charge in [0.05, 0.1) is 0 Å². The van der Waals surface area contributed by atoms with Gasteiger partial charge in [-0.25, -0.2) is 14.4 Å². The van der Waals surface area contributed by atoms with Crippen molar-refractivity contribution in [3.63, 3.8) is 0 Å². The van der Waals surface area contributed by atoms with Crippen LogP contribution in [0.1, 0.15) is 17.5 Å². The molecule has 0 aliphatic carbocycles. The molecular formula is C17H19FN4. The number of rotatable bonds is 4. The lowest BCUT2D eigenvalue weighted by atomic mass is 9.99. The number of anilines is 1. The van der Waals surface area contributed by atoms with E-state index in [1.54, 1.807) is 7.05 Å². The standard InChI is InChI=1S/C17H19FN4/c1-19-17-20-10-13(11-21-17)12-22-8-6-15(7-9-22)14-2-4-16(18)5-3-14/h2-6,10-11H,7-9,12H2,1H3,(H,19,20,21). The minimum Gasteiger partial charge on any atom is -0.357 e. The molecule has 114 valence electrons. The van der Waals surface area contributed by atoms with E-state index in [0.717, 1.165) is 37.2 Å². The summed E-state index contributed by atoms with van der Waals surface area (Å²) in [4.78, 5) is 10.8. The fourth-order valence-corrected chi connectivity index (χ4v) is 2.60. The Kier molecular flexibility index (Phi) is 4.44. The van der Waals surface area contributed by atoms with Crippen LogP contribution < -0.4 is 5.32 Å². The molecule has 0 radical (unpaired) electrons. The van der Waals surface area contributed by atoms with Crippen molar-refractivity contribution in [2.24, 2.45) is 0 Å². The maximum absolute atomic E-state index is 13.0. The van der Waals surface area contributed by atoms with Crippen LogP contribution in [0.2, 0.25) is 0 Å². The van der Waals surface area contributed by atoms with E-state index < -0.39 is 0 Å². The minimum absolute atomic E-state index is 0.188. The molecule has 0 spiro atoms. The van der Waals surface area contributed by atoms with Gasteiger partial charge in [0, 0.05) is 44.6 Å². The van der Waals surface area contributed by atoms with Gasteiger partial charge in [-0.05, 0) is 29.7 Å². The monoisotopic (exact) mass is 298 g/mol. The highest BCUT2D eigenvalue weighted by Gasteiger charge is 2.13. The number of benzene rings is 1. The van der Waals surface area contributed by atoms with Crippen LogP contribution in [0.25, 0.3) is 5.57 Å². The number of nitrogens with zero attached hydrogens (tertiary/aromatic N) is 3. The zero-order chi connectivity index (χ0) is 15.4. The zero-order valence-electron chi connectivity index (χ0n) is 12.6. The number of halogens is 1. The second-order valence-corrected chi connectivity index (χ2v) is 5.39. The van der Waals surface area contributed by atoms with E-state index >= 15 is 0 Å². The molecule has 0 amide bonds. The molecular weight excluding hydrogens is 279 g/mol. The van der Waals surface area contributed by atoms with Crippen LogP contribution >= 0.6 is 0 Å². The first kappa shape index (κ1) is 14.7. The second kappa shape index (κ2) is 6.66. The molecule has 5 heteroatoms. The van der Waals surface area contributed by atoms with Gasteiger partial charge in [-0.2, -0.15) is 0 Å². The van der Waals surface area contributed by atoms with Gasteiger partial charge < -0.3 is 5.32 Å². The molecule has 2 aromatic rings. The van der Waals surface area contributed by atoms with Crippen LogP contribution in [0.15, 0.2) is 42.7 Å². The summed E-state index contributed by atoms with van der Waals surface area (Å²) in [6.45, 7) is 2.72. The molecule has 1 aliphatic heterocycles. The molecule has 4 nitrogen and oxygen atoms in total. The van der Waals surface area contributed by atoms with Crippen molar-refractivity contribution in [3.05, 3.63) is 59.7 Å². The Morgan fingerprint density at radius 3 is 2.50 bits per heavy atom. The van der Waals surface area contributed by atoms with Gasteiger partial charge in [0.25, 0.3) is 0 Å². The van der Waals surface area contributed by atoms with Gasteiger partial charge in [-0.15, -0.1) is 0 Å². The van der Waals surface area contributed by atoms with E-state index in [1.165, 1.54) is 17.7 Å². The number of hydrogen-bond acceptors (Lipinski definition) is 4. The third-order valence-corrected chi connectivity index (χ3v) is 3.84. The van der Waals surface area contributed by atoms with Crippen molar-refractivity contribution in [3.8, 4) is 0 Å². The molecule has 0 saturated heterocycles. The predicted octanol–water partition coefficient (Wildman–Crippen LogP) is 2.95. The van der Waals surface area contributed by atoms with Crippen molar-refractivity contribution >= 4 is 11.5 Å². The van der Waals surface area contributed by atoms with E-state index in [0.29, 0.717) is 5.95 Å². The van der Waals surface area contributed by atoms with E-state index in [2.05, 4.69) is 26.3 Å². The molecule has 22 heavy (non-hydrogen) atoms. The van der Waals surface area contributed by atoms with Gasteiger partial charge >= 0.3 is 0 Å². The largest absolute Gasteiger partial charge is 0.357 e. The van der Waals surface area contributed by atoms with Gasteiger partial charge in [-0.1, -0.05) is 18.2 Å². The summed E-state index contributed by atoms with van der Waals surface area (Å²) >= 11 is 0. The maximum atomic E-state index is 13.0. The molecule has 1 aromatic heterocycles. The first-order chi connectivity index (χ1) is 10.7. The molecule has 1 aromatic carbocycles. The molecule has 0 atom stereocenters. The Bertz CT molecular complexity index is 649. The SMILES string of the molecule is CNc1ncc(CN2CC=C(c3ccc(F)cc3)CC2)cn1. The fourth-order valence-electron chi connectivity index (χ4n) is 2.60. The molecule has 0 saturated carbocycles. The smallest absolute Gasteiger partial charge is 0.222 e. The van der Waals surface area contributed by atoms with E-state index in [4.69, 9.17) is 0 Å². The average molecular weight is 298 g/mol. The number of hydrogen-bond donors (Lipinski definition) is 1. The van der Waals surface area contributed by atoms with Crippen molar-refractivity contribution in [1.29, 1.82) is 0 Å². The molecule has 3 rings (SSSR count). The predicted molar refractivity (Wildman–Crippen MR) is 85.8 cm³/mol. The maximum Gasteiger partial charge on any atom is 0.222 e. The number of nitrogens with one attached hydrogen (secondary N) is 1. The number of aromatic nitrogens is 2. The van der Waals surface area contributed by atoms with Gasteiger partial charge in [0.1, 0.15) is 5.82 Å². The Morgan fingerprint density at radius 2 is 1.91 bits per heavy atom. The third kappa shape index (κ3) is 3.49. The van der Waals surface area contributed by atoms with Gasteiger partial charge in [0.15, 0.2) is 0 Å². The lowest BCUT2D eigenvalue weighted by Crippen LogP contribution is -2.28. The van der Waals surface area contributed by atoms with Crippen LogP contribution in [0.3, 0.4) is 0 Å². The summed E-state index contributed by atoms with van der Waals surface area (Å²) in [7, 11) is 1.81. The highest BCUT2D eigenvalue weighted by Crippen LogP contribution is 2.23. The van der Waals surface area contributed by atoms with Crippen molar-refractivity contribution in [2.75, 3.05) is 25.5 Å². The summed E-state index contributed by atoms with van der Waals surface area (Å²) in [6.07, 6.45) is 6.91. The summed E-state index contributed by atoms with van der Waals surface area (Å²) in [5.41, 5.74) is 3.51. The highest BCUT2D eigenvalue weighted by atomic mass is 19.1. The highest BCUT2D eigenvalue weighted by molar-refractivity contribution is 5.66. The molecule has 0 unspecified atom stereocenters. The molecule has 1 N–H and O–H groups in total. The summed E-state index contributed by atoms with van der Waals surface area (Å²) in [5, 5.41) is 2.91. The summed E-state index contributed by atoms with van der Waals surface area (Å²) in [5.74, 6) is 0.452. The zero-order valence-corrected chi connectivity index (χ0v) is 12.6. The topological polar surface area (TPSA) is 41.1 Å². The van der Waals surface area contributed by atoms with Gasteiger partial charge in [-0.3, -0.25) is 4.90 Å². The van der Waals surface area contributed by atoms with Crippen molar-refractivity contribution in [1.82, 2.24) is 14.9 Å². The van der Waals surface area contributed by atoms with Crippen LogP contribution in [0, 0.1) is 5.82 Å². The van der Waals surface area contributed by atoms with Crippen molar-refractivity contribution in [2.45, 2.75) is 13.0 Å². The first-order valence-corrected chi connectivity index (χ1v) is 7.40. The Balaban J connectivity index is 1.61. The normalized spacial score (nSPS) is 15.5. The van der Waals surface area contributed by atoms with Crippen LogP contribution in [-0.2, 0) is 6.54 Å². The van der Waals surface area contributed by atoms with Crippen molar-refractivity contribution < 1.29 is 4.39 Å². The Hall–Kier alpha value is -2.27. The summed E-state index contributed by atoms with van der Waals surface area (Å²) < 4.78 is 13.0. The van der Waals surface area contributed by atoms with E-state index in [-0.39, 0.29) is 5.82 Å². The molecule has 1 aliphatic rings. The molecule has 0 bridgehead atoms. The molecule has 2 heterocycles. The van der Waals surface area contributed by atoms with E-state index in [1.807, 2.05) is 24.5 Å². The Labute approximate surface area is 129 Å². The van der Waals surface area contributed by atoms with Crippen LogP contribution in [0.5, 0.6) is 0 Å². The summed E-state index contributed by atoms with van der Waals surface area (Å²) in [6, 6.07) is 6.73. The third-order valence-electron chi connectivity index (χ3n) is 3.84. The van der Waals surface area contributed by atoms with E-state index in [9.17, 15) is 4.39 Å². The molecule has 0 fully saturated rings. The fraction of sp³-hybridized carbons (Fsp3) is 0.294. The quantitative estimate of drug-likeness (QED) is 0.942.